The van der Waals surface area contributed by atoms with Gasteiger partial charge < -0.3 is 19.8 Å². The number of carbonyl (C=O) groups excluding carboxylic acids is 1. The first-order valence-electron chi connectivity index (χ1n) is 11.1. The zero-order valence-electron chi connectivity index (χ0n) is 19.8. The van der Waals surface area contributed by atoms with E-state index in [0.717, 1.165) is 25.2 Å². The molecule has 1 aromatic carbocycles. The highest BCUT2D eigenvalue weighted by atomic mass is 35.5. The number of rotatable bonds is 9. The van der Waals surface area contributed by atoms with Crippen LogP contribution in [0.25, 0.3) is 22.6 Å². The van der Waals surface area contributed by atoms with Crippen molar-refractivity contribution in [1.82, 2.24) is 15.3 Å². The number of hydrogen-bond donors (Lipinski definition) is 3. The van der Waals surface area contributed by atoms with Crippen molar-refractivity contribution in [1.29, 1.82) is 0 Å². The van der Waals surface area contributed by atoms with E-state index in [-0.39, 0.29) is 33.9 Å². The first-order chi connectivity index (χ1) is 17.0. The summed E-state index contributed by atoms with van der Waals surface area (Å²) < 4.78 is 51.0. The normalized spacial score (nSPS) is 14.2. The first-order valence-corrected chi connectivity index (χ1v) is 13.3. The summed E-state index contributed by atoms with van der Waals surface area (Å²) in [7, 11) is -2.41. The van der Waals surface area contributed by atoms with Crippen molar-refractivity contribution in [3.63, 3.8) is 0 Å². The molecule has 1 amide bonds. The number of ether oxygens (including phenoxy) is 1. The summed E-state index contributed by atoms with van der Waals surface area (Å²) in [4.78, 5) is 20.3. The molecule has 10 nitrogen and oxygen atoms in total. The van der Waals surface area contributed by atoms with Gasteiger partial charge >= 0.3 is 6.09 Å². The smallest absolute Gasteiger partial charge is 0.407 e. The predicted octanol–water partition coefficient (Wildman–Crippen LogP) is 4.60. The van der Waals surface area contributed by atoms with Crippen LogP contribution < -0.4 is 15.4 Å². The van der Waals surface area contributed by atoms with Gasteiger partial charge in [-0.25, -0.2) is 27.6 Å². The maximum absolute atomic E-state index is 14.5. The molecule has 13 heteroatoms. The lowest BCUT2D eigenvalue weighted by Gasteiger charge is -2.14. The van der Waals surface area contributed by atoms with Gasteiger partial charge in [0.1, 0.15) is 17.3 Å². The number of aromatic nitrogens is 2. The van der Waals surface area contributed by atoms with Crippen LogP contribution in [-0.4, -0.2) is 50.4 Å². The molecule has 0 saturated heterocycles. The summed E-state index contributed by atoms with van der Waals surface area (Å²) in [6, 6.07) is 5.40. The van der Waals surface area contributed by atoms with E-state index in [4.69, 9.17) is 16.0 Å². The molecule has 2 aromatic heterocycles. The van der Waals surface area contributed by atoms with Gasteiger partial charge in [-0.15, -0.1) is 0 Å². The van der Waals surface area contributed by atoms with Crippen LogP contribution in [0.4, 0.5) is 20.7 Å². The highest BCUT2D eigenvalue weighted by Crippen LogP contribution is 2.46. The summed E-state index contributed by atoms with van der Waals surface area (Å²) >= 11 is 6.51. The molecule has 3 aromatic rings. The van der Waals surface area contributed by atoms with Gasteiger partial charge in [-0.1, -0.05) is 11.6 Å². The molecule has 4 rings (SSSR count). The first kappa shape index (κ1) is 25.7. The molecule has 1 aliphatic rings. The lowest BCUT2D eigenvalue weighted by Crippen LogP contribution is -2.37. The number of hydrogen-bond acceptors (Lipinski definition) is 8. The number of pyridine rings is 1. The summed E-state index contributed by atoms with van der Waals surface area (Å²) in [5.41, 5.74) is 0.986. The third kappa shape index (κ3) is 6.24. The van der Waals surface area contributed by atoms with E-state index >= 15 is 0 Å². The standard InChI is InChI=1S/C23H25ClFN5O5S/c1-12(28-23(31)34-2)11-27-18-8-14(6-7-26-18)21-20(29-22(35-21)13-4-5-13)16-9-15(25)10-17(19(16)24)30-36(3,32)33/h6-10,12-13,30H,4-5,11H2,1-3H3,(H,26,27)(H,28,31). The van der Waals surface area contributed by atoms with E-state index in [9.17, 15) is 17.6 Å². The average molecular weight is 538 g/mol. The van der Waals surface area contributed by atoms with Crippen molar-refractivity contribution in [2.75, 3.05) is 29.9 Å². The molecule has 1 atom stereocenters. The quantitative estimate of drug-likeness (QED) is 0.360. The van der Waals surface area contributed by atoms with E-state index in [2.05, 4.69) is 30.1 Å². The lowest BCUT2D eigenvalue weighted by molar-refractivity contribution is 0.168. The van der Waals surface area contributed by atoms with E-state index in [1.165, 1.54) is 13.2 Å². The zero-order valence-corrected chi connectivity index (χ0v) is 21.3. The van der Waals surface area contributed by atoms with Gasteiger partial charge in [-0.05, 0) is 44.0 Å². The largest absolute Gasteiger partial charge is 0.453 e. The number of oxazole rings is 1. The molecule has 0 radical (unpaired) electrons. The van der Waals surface area contributed by atoms with Gasteiger partial charge in [-0.3, -0.25) is 4.72 Å². The Bertz CT molecular complexity index is 1390. The van der Waals surface area contributed by atoms with Crippen LogP contribution in [-0.2, 0) is 14.8 Å². The van der Waals surface area contributed by atoms with Crippen LogP contribution in [0.1, 0.15) is 31.6 Å². The van der Waals surface area contributed by atoms with Gasteiger partial charge in [0.2, 0.25) is 10.0 Å². The van der Waals surface area contributed by atoms with Crippen molar-refractivity contribution in [3.05, 3.63) is 47.2 Å². The second kappa shape index (κ2) is 10.3. The topological polar surface area (TPSA) is 135 Å². The highest BCUT2D eigenvalue weighted by molar-refractivity contribution is 7.92. The zero-order chi connectivity index (χ0) is 26.0. The summed E-state index contributed by atoms with van der Waals surface area (Å²) in [6.07, 6.45) is 3.83. The molecule has 1 unspecified atom stereocenters. The van der Waals surface area contributed by atoms with Gasteiger partial charge in [0.05, 0.1) is 24.1 Å². The molecule has 0 aliphatic heterocycles. The average Bonchev–Trinajstić information content (AvgIpc) is 3.57. The van der Waals surface area contributed by atoms with E-state index < -0.39 is 21.9 Å². The van der Waals surface area contributed by atoms with Crippen LogP contribution in [0.2, 0.25) is 5.02 Å². The minimum absolute atomic E-state index is 0.00571. The van der Waals surface area contributed by atoms with Crippen LogP contribution in [0.15, 0.2) is 34.9 Å². The second-order valence-corrected chi connectivity index (χ2v) is 10.7. The maximum Gasteiger partial charge on any atom is 0.407 e. The maximum atomic E-state index is 14.5. The molecule has 2 heterocycles. The molecule has 1 aliphatic carbocycles. The Morgan fingerprint density at radius 1 is 1.33 bits per heavy atom. The molecule has 1 fully saturated rings. The number of methoxy groups -OCH3 is 1. The summed E-state index contributed by atoms with van der Waals surface area (Å²) in [5, 5.41) is 5.78. The third-order valence-corrected chi connectivity index (χ3v) is 6.32. The van der Waals surface area contributed by atoms with Crippen molar-refractivity contribution in [2.24, 2.45) is 0 Å². The van der Waals surface area contributed by atoms with Crippen molar-refractivity contribution >= 4 is 39.2 Å². The second-order valence-electron chi connectivity index (χ2n) is 8.54. The fourth-order valence-corrected chi connectivity index (χ4v) is 4.35. The summed E-state index contributed by atoms with van der Waals surface area (Å²) in [6.45, 7) is 2.18. The monoisotopic (exact) mass is 537 g/mol. The Balaban J connectivity index is 1.70. The Kier molecular flexibility index (Phi) is 7.36. The molecule has 0 spiro atoms. The predicted molar refractivity (Wildman–Crippen MR) is 134 cm³/mol. The Labute approximate surface area is 212 Å². The van der Waals surface area contributed by atoms with E-state index in [1.807, 2.05) is 0 Å². The van der Waals surface area contributed by atoms with Crippen molar-refractivity contribution in [2.45, 2.75) is 31.7 Å². The Morgan fingerprint density at radius 2 is 2.08 bits per heavy atom. The number of nitrogens with zero attached hydrogens (tertiary/aromatic N) is 2. The minimum Gasteiger partial charge on any atom is -0.453 e. The van der Waals surface area contributed by atoms with Crippen molar-refractivity contribution < 1.29 is 26.8 Å². The third-order valence-electron chi connectivity index (χ3n) is 5.32. The molecule has 192 valence electrons. The van der Waals surface area contributed by atoms with Crippen LogP contribution in [0.5, 0.6) is 0 Å². The van der Waals surface area contributed by atoms with Crippen LogP contribution in [0, 0.1) is 5.82 Å². The van der Waals surface area contributed by atoms with Crippen LogP contribution >= 0.6 is 11.6 Å². The summed E-state index contributed by atoms with van der Waals surface area (Å²) in [5.74, 6) is 0.821. The van der Waals surface area contributed by atoms with Gasteiger partial charge in [-0.2, -0.15) is 0 Å². The fraction of sp³-hybridized carbons (Fsp3) is 0.348. The number of anilines is 2. The molecule has 1 saturated carbocycles. The number of benzene rings is 1. The molecule has 36 heavy (non-hydrogen) atoms. The number of sulfonamides is 1. The van der Waals surface area contributed by atoms with Crippen LogP contribution in [0.3, 0.4) is 0 Å². The number of alkyl carbamates (subject to hydrolysis) is 1. The van der Waals surface area contributed by atoms with Gasteiger partial charge in [0, 0.05) is 35.8 Å². The number of amides is 1. The number of carbonyl (C=O) groups is 1. The highest BCUT2D eigenvalue weighted by Gasteiger charge is 2.32. The van der Waals surface area contributed by atoms with E-state index in [0.29, 0.717) is 29.6 Å². The molecule has 3 N–H and O–H groups in total. The van der Waals surface area contributed by atoms with Gasteiger partial charge in [0.15, 0.2) is 11.7 Å². The molecular formula is C23H25ClFN5O5S. The SMILES string of the molecule is COC(=O)NC(C)CNc1cc(-c2oc(C3CC3)nc2-c2cc(F)cc(NS(C)(=O)=O)c2Cl)ccn1. The Morgan fingerprint density at radius 3 is 2.75 bits per heavy atom. The Hall–Kier alpha value is -3.38. The molecule has 0 bridgehead atoms. The fourth-order valence-electron chi connectivity index (χ4n) is 3.49. The van der Waals surface area contributed by atoms with Crippen molar-refractivity contribution in [3.8, 4) is 22.6 Å². The lowest BCUT2D eigenvalue weighted by atomic mass is 10.1. The van der Waals surface area contributed by atoms with E-state index in [1.54, 1.807) is 25.3 Å². The number of halogens is 2. The van der Waals surface area contributed by atoms with Gasteiger partial charge in [0.25, 0.3) is 0 Å². The number of nitrogens with one attached hydrogen (secondary N) is 3. The molecular weight excluding hydrogens is 513 g/mol. The minimum atomic E-state index is -3.70.